The summed E-state index contributed by atoms with van der Waals surface area (Å²) in [6.07, 6.45) is 2.38. The zero-order valence-electron chi connectivity index (χ0n) is 15.1. The number of aliphatic imine (C=N–C) groups is 1. The van der Waals surface area contributed by atoms with E-state index in [0.717, 1.165) is 48.5 Å². The first-order valence-corrected chi connectivity index (χ1v) is 8.33. The minimum absolute atomic E-state index is 0.597. The van der Waals surface area contributed by atoms with Crippen LogP contribution in [-0.4, -0.2) is 33.3 Å². The lowest BCUT2D eigenvalue weighted by Crippen LogP contribution is -2.37. The van der Waals surface area contributed by atoms with Gasteiger partial charge < -0.3 is 20.1 Å². The molecule has 0 saturated carbocycles. The molecule has 5 heteroatoms. The van der Waals surface area contributed by atoms with E-state index in [1.54, 1.807) is 14.2 Å². The number of hydrogen-bond donors (Lipinski definition) is 2. The summed E-state index contributed by atoms with van der Waals surface area (Å²) < 4.78 is 10.6. The number of methoxy groups -OCH3 is 2. The van der Waals surface area contributed by atoms with Crippen LogP contribution in [-0.2, 0) is 6.54 Å². The zero-order chi connectivity index (χ0) is 17.1. The van der Waals surface area contributed by atoms with E-state index in [9.17, 15) is 0 Å². The van der Waals surface area contributed by atoms with E-state index in [4.69, 9.17) is 9.47 Å². The SMILES string of the molecule is CCNC(=NCc1ccc(OC)c(OC)c1)NCCCC(C)C. The summed E-state index contributed by atoms with van der Waals surface area (Å²) in [6.45, 7) is 8.95. The second-order valence-electron chi connectivity index (χ2n) is 5.85. The van der Waals surface area contributed by atoms with Gasteiger partial charge in [0.25, 0.3) is 0 Å². The maximum atomic E-state index is 5.33. The van der Waals surface area contributed by atoms with Crippen molar-refractivity contribution in [3.05, 3.63) is 23.8 Å². The first-order chi connectivity index (χ1) is 11.1. The van der Waals surface area contributed by atoms with Crippen LogP contribution in [0.15, 0.2) is 23.2 Å². The fourth-order valence-corrected chi connectivity index (χ4v) is 2.21. The second kappa shape index (κ2) is 10.8. The standard InChI is InChI=1S/C18H31N3O2/c1-6-19-18(20-11-7-8-14(2)3)21-13-15-9-10-16(22-4)17(12-15)23-5/h9-10,12,14H,6-8,11,13H2,1-5H3,(H2,19,20,21). The molecule has 1 rings (SSSR count). The Morgan fingerprint density at radius 3 is 2.48 bits per heavy atom. The van der Waals surface area contributed by atoms with E-state index in [-0.39, 0.29) is 0 Å². The molecule has 130 valence electrons. The Kier molecular flexibility index (Phi) is 8.95. The molecule has 0 saturated heterocycles. The Bertz CT molecular complexity index is 487. The summed E-state index contributed by atoms with van der Waals surface area (Å²) in [4.78, 5) is 4.63. The maximum absolute atomic E-state index is 5.33. The summed E-state index contributed by atoms with van der Waals surface area (Å²) in [7, 11) is 3.28. The molecular formula is C18H31N3O2. The third-order valence-corrected chi connectivity index (χ3v) is 3.46. The van der Waals surface area contributed by atoms with Gasteiger partial charge in [-0.25, -0.2) is 4.99 Å². The van der Waals surface area contributed by atoms with E-state index in [1.165, 1.54) is 6.42 Å². The Labute approximate surface area is 140 Å². The van der Waals surface area contributed by atoms with Crippen molar-refractivity contribution in [3.63, 3.8) is 0 Å². The minimum Gasteiger partial charge on any atom is -0.493 e. The number of ether oxygens (including phenoxy) is 2. The molecule has 0 spiro atoms. The van der Waals surface area contributed by atoms with Gasteiger partial charge in [0, 0.05) is 13.1 Å². The summed E-state index contributed by atoms with van der Waals surface area (Å²) in [6, 6.07) is 5.88. The number of nitrogens with zero attached hydrogens (tertiary/aromatic N) is 1. The van der Waals surface area contributed by atoms with Gasteiger partial charge in [-0.3, -0.25) is 0 Å². The highest BCUT2D eigenvalue weighted by atomic mass is 16.5. The molecule has 2 N–H and O–H groups in total. The molecule has 0 bridgehead atoms. The molecule has 0 aliphatic heterocycles. The van der Waals surface area contributed by atoms with Crippen molar-refractivity contribution in [1.82, 2.24) is 10.6 Å². The molecule has 0 amide bonds. The maximum Gasteiger partial charge on any atom is 0.191 e. The van der Waals surface area contributed by atoms with Crippen LogP contribution in [0.1, 0.15) is 39.2 Å². The first-order valence-electron chi connectivity index (χ1n) is 8.33. The van der Waals surface area contributed by atoms with Crippen molar-refractivity contribution >= 4 is 5.96 Å². The molecule has 23 heavy (non-hydrogen) atoms. The summed E-state index contributed by atoms with van der Waals surface area (Å²) in [5.41, 5.74) is 1.09. The van der Waals surface area contributed by atoms with Crippen LogP contribution in [0.25, 0.3) is 0 Å². The van der Waals surface area contributed by atoms with Gasteiger partial charge in [-0.1, -0.05) is 19.9 Å². The molecule has 1 aromatic rings. The van der Waals surface area contributed by atoms with Crippen molar-refractivity contribution in [1.29, 1.82) is 0 Å². The largest absolute Gasteiger partial charge is 0.493 e. The molecule has 5 nitrogen and oxygen atoms in total. The molecule has 0 aliphatic carbocycles. The molecule has 0 unspecified atom stereocenters. The van der Waals surface area contributed by atoms with Gasteiger partial charge in [0.15, 0.2) is 17.5 Å². The molecule has 0 fully saturated rings. The summed E-state index contributed by atoms with van der Waals surface area (Å²) >= 11 is 0. The van der Waals surface area contributed by atoms with Crippen LogP contribution < -0.4 is 20.1 Å². The average Bonchev–Trinajstić information content (AvgIpc) is 2.55. The first kappa shape index (κ1) is 19.1. The van der Waals surface area contributed by atoms with Crippen LogP contribution in [0.3, 0.4) is 0 Å². The van der Waals surface area contributed by atoms with Crippen molar-refractivity contribution in [3.8, 4) is 11.5 Å². The highest BCUT2D eigenvalue weighted by Crippen LogP contribution is 2.27. The van der Waals surface area contributed by atoms with Crippen LogP contribution in [0, 0.1) is 5.92 Å². The van der Waals surface area contributed by atoms with E-state index in [0.29, 0.717) is 6.54 Å². The fraction of sp³-hybridized carbons (Fsp3) is 0.611. The smallest absolute Gasteiger partial charge is 0.191 e. The number of nitrogens with one attached hydrogen (secondary N) is 2. The quantitative estimate of drug-likeness (QED) is 0.417. The lowest BCUT2D eigenvalue weighted by atomic mass is 10.1. The molecule has 0 aromatic heterocycles. The topological polar surface area (TPSA) is 54.9 Å². The Balaban J connectivity index is 2.62. The molecule has 0 atom stereocenters. The highest BCUT2D eigenvalue weighted by Gasteiger charge is 2.04. The Morgan fingerprint density at radius 1 is 1.13 bits per heavy atom. The number of benzene rings is 1. The van der Waals surface area contributed by atoms with E-state index in [2.05, 4.69) is 36.4 Å². The van der Waals surface area contributed by atoms with Crippen molar-refractivity contribution in [2.45, 2.75) is 40.2 Å². The van der Waals surface area contributed by atoms with Gasteiger partial charge in [0.2, 0.25) is 0 Å². The monoisotopic (exact) mass is 321 g/mol. The van der Waals surface area contributed by atoms with E-state index < -0.39 is 0 Å². The lowest BCUT2D eigenvalue weighted by Gasteiger charge is -2.12. The highest BCUT2D eigenvalue weighted by molar-refractivity contribution is 5.79. The van der Waals surface area contributed by atoms with Crippen LogP contribution in [0.5, 0.6) is 11.5 Å². The van der Waals surface area contributed by atoms with E-state index >= 15 is 0 Å². The van der Waals surface area contributed by atoms with Crippen LogP contribution in [0.4, 0.5) is 0 Å². The molecule has 1 aromatic carbocycles. The van der Waals surface area contributed by atoms with Gasteiger partial charge in [-0.15, -0.1) is 0 Å². The third kappa shape index (κ3) is 7.26. The van der Waals surface area contributed by atoms with Crippen LogP contribution >= 0.6 is 0 Å². The predicted molar refractivity (Wildman–Crippen MR) is 96.4 cm³/mol. The van der Waals surface area contributed by atoms with Crippen molar-refractivity contribution in [2.24, 2.45) is 10.9 Å². The summed E-state index contributed by atoms with van der Waals surface area (Å²) in [5, 5.41) is 6.66. The van der Waals surface area contributed by atoms with Crippen LogP contribution in [0.2, 0.25) is 0 Å². The number of guanidine groups is 1. The van der Waals surface area contributed by atoms with Gasteiger partial charge in [-0.2, -0.15) is 0 Å². The number of rotatable bonds is 9. The molecule has 0 radical (unpaired) electrons. The van der Waals surface area contributed by atoms with Crippen molar-refractivity contribution < 1.29 is 9.47 Å². The third-order valence-electron chi connectivity index (χ3n) is 3.46. The lowest BCUT2D eigenvalue weighted by molar-refractivity contribution is 0.354. The molecule has 0 aliphatic rings. The van der Waals surface area contributed by atoms with Gasteiger partial charge in [-0.05, 0) is 43.4 Å². The molecular weight excluding hydrogens is 290 g/mol. The van der Waals surface area contributed by atoms with Gasteiger partial charge in [0.05, 0.1) is 20.8 Å². The van der Waals surface area contributed by atoms with E-state index in [1.807, 2.05) is 18.2 Å². The fourth-order valence-electron chi connectivity index (χ4n) is 2.21. The molecule has 0 heterocycles. The average molecular weight is 321 g/mol. The Hall–Kier alpha value is -1.91. The summed E-state index contributed by atoms with van der Waals surface area (Å²) in [5.74, 6) is 3.06. The minimum atomic E-state index is 0.597. The van der Waals surface area contributed by atoms with Gasteiger partial charge >= 0.3 is 0 Å². The zero-order valence-corrected chi connectivity index (χ0v) is 15.1. The normalized spacial score (nSPS) is 11.5. The predicted octanol–water partition coefficient (Wildman–Crippen LogP) is 3.20. The Morgan fingerprint density at radius 2 is 1.87 bits per heavy atom. The number of hydrogen-bond acceptors (Lipinski definition) is 3. The van der Waals surface area contributed by atoms with Crippen molar-refractivity contribution in [2.75, 3.05) is 27.3 Å². The second-order valence-corrected chi connectivity index (χ2v) is 5.85. The van der Waals surface area contributed by atoms with Gasteiger partial charge in [0.1, 0.15) is 0 Å².